The Morgan fingerprint density at radius 2 is 1.68 bits per heavy atom. The average Bonchev–Trinajstić information content (AvgIpc) is 2.47. The molecule has 0 spiro atoms. The molecule has 0 saturated carbocycles. The van der Waals surface area contributed by atoms with Crippen LogP contribution in [0.4, 0.5) is 5.69 Å². The van der Waals surface area contributed by atoms with E-state index in [-0.39, 0.29) is 17.1 Å². The van der Waals surface area contributed by atoms with Crippen LogP contribution in [0.5, 0.6) is 0 Å². The van der Waals surface area contributed by atoms with Gasteiger partial charge in [-0.2, -0.15) is 0 Å². The highest BCUT2D eigenvalue weighted by Crippen LogP contribution is 2.37. The molecule has 2 N–H and O–H groups in total. The minimum Gasteiger partial charge on any atom is -0.399 e. The van der Waals surface area contributed by atoms with E-state index in [0.717, 1.165) is 11.2 Å². The highest BCUT2D eigenvalue weighted by molar-refractivity contribution is 6.63. The summed E-state index contributed by atoms with van der Waals surface area (Å²) in [7, 11) is -0.425. The Kier molecular flexibility index (Phi) is 3.39. The molecule has 1 aliphatic rings. The standard InChI is InChI=1S/C14H23BN2O2/c1-9(2)12-11(16)10(7-8-17-12)15-18-13(3,4)14(5,6)19-15/h7-9H,16H2,1-6H3. The van der Waals surface area contributed by atoms with Crippen molar-refractivity contribution in [1.82, 2.24) is 4.98 Å². The molecule has 0 aromatic carbocycles. The van der Waals surface area contributed by atoms with Crippen molar-refractivity contribution in [2.45, 2.75) is 58.7 Å². The van der Waals surface area contributed by atoms with Gasteiger partial charge in [0.25, 0.3) is 0 Å². The number of hydrogen-bond donors (Lipinski definition) is 1. The maximum atomic E-state index is 6.22. The van der Waals surface area contributed by atoms with Gasteiger partial charge in [-0.25, -0.2) is 0 Å². The molecule has 0 bridgehead atoms. The Morgan fingerprint density at radius 1 is 1.16 bits per heavy atom. The van der Waals surface area contributed by atoms with E-state index in [9.17, 15) is 0 Å². The van der Waals surface area contributed by atoms with Gasteiger partial charge in [0.05, 0.1) is 22.6 Å². The lowest BCUT2D eigenvalue weighted by atomic mass is 9.77. The Bertz CT molecular complexity index is 470. The summed E-state index contributed by atoms with van der Waals surface area (Å²) in [5, 5.41) is 0. The van der Waals surface area contributed by atoms with E-state index in [2.05, 4.69) is 18.8 Å². The van der Waals surface area contributed by atoms with E-state index in [0.29, 0.717) is 5.69 Å². The van der Waals surface area contributed by atoms with Gasteiger partial charge in [0.15, 0.2) is 0 Å². The molecule has 1 fully saturated rings. The summed E-state index contributed by atoms with van der Waals surface area (Å²) in [6.07, 6.45) is 1.77. The second-order valence-electron chi connectivity index (χ2n) is 6.44. The average molecular weight is 262 g/mol. The maximum absolute atomic E-state index is 6.22. The second-order valence-corrected chi connectivity index (χ2v) is 6.44. The highest BCUT2D eigenvalue weighted by Gasteiger charge is 2.52. The molecule has 0 aliphatic carbocycles. The zero-order valence-electron chi connectivity index (χ0n) is 12.7. The molecule has 1 aromatic heterocycles. The van der Waals surface area contributed by atoms with Crippen LogP contribution in [-0.2, 0) is 9.31 Å². The predicted molar refractivity (Wildman–Crippen MR) is 78.5 cm³/mol. The summed E-state index contributed by atoms with van der Waals surface area (Å²) in [6, 6.07) is 1.88. The number of nitrogen functional groups attached to an aromatic ring is 1. The molecular formula is C14H23BN2O2. The van der Waals surface area contributed by atoms with Crippen LogP contribution in [-0.4, -0.2) is 23.3 Å². The fraction of sp³-hybridized carbons (Fsp3) is 0.643. The topological polar surface area (TPSA) is 57.4 Å². The van der Waals surface area contributed by atoms with Gasteiger partial charge in [-0.15, -0.1) is 0 Å². The summed E-state index contributed by atoms with van der Waals surface area (Å²) >= 11 is 0. The number of rotatable bonds is 2. The van der Waals surface area contributed by atoms with Gasteiger partial charge in [-0.1, -0.05) is 13.8 Å². The van der Waals surface area contributed by atoms with E-state index in [1.165, 1.54) is 0 Å². The number of aromatic nitrogens is 1. The van der Waals surface area contributed by atoms with Crippen LogP contribution in [0.25, 0.3) is 0 Å². The molecule has 1 aliphatic heterocycles. The van der Waals surface area contributed by atoms with Crippen LogP contribution in [0.3, 0.4) is 0 Å². The first-order valence-corrected chi connectivity index (χ1v) is 6.75. The quantitative estimate of drug-likeness (QED) is 0.829. The maximum Gasteiger partial charge on any atom is 0.497 e. The van der Waals surface area contributed by atoms with Crippen molar-refractivity contribution < 1.29 is 9.31 Å². The van der Waals surface area contributed by atoms with Crippen LogP contribution < -0.4 is 11.2 Å². The second kappa shape index (κ2) is 4.49. The summed E-state index contributed by atoms with van der Waals surface area (Å²) in [5.41, 5.74) is 7.95. The molecule has 104 valence electrons. The molecule has 0 amide bonds. The van der Waals surface area contributed by atoms with E-state index in [1.54, 1.807) is 6.20 Å². The minimum absolute atomic E-state index is 0.280. The molecule has 4 nitrogen and oxygen atoms in total. The third-order valence-electron chi connectivity index (χ3n) is 4.11. The van der Waals surface area contributed by atoms with E-state index < -0.39 is 7.12 Å². The Labute approximate surface area is 115 Å². The lowest BCUT2D eigenvalue weighted by Gasteiger charge is -2.32. The minimum atomic E-state index is -0.425. The Hall–Kier alpha value is -1.07. The van der Waals surface area contributed by atoms with Crippen molar-refractivity contribution in [2.75, 3.05) is 5.73 Å². The zero-order valence-corrected chi connectivity index (χ0v) is 12.7. The fourth-order valence-corrected chi connectivity index (χ4v) is 2.14. The molecule has 5 heteroatoms. The first-order chi connectivity index (χ1) is 8.66. The lowest BCUT2D eigenvalue weighted by Crippen LogP contribution is -2.41. The third-order valence-corrected chi connectivity index (χ3v) is 4.11. The van der Waals surface area contributed by atoms with Gasteiger partial charge in [0, 0.05) is 11.7 Å². The van der Waals surface area contributed by atoms with Gasteiger partial charge >= 0.3 is 7.12 Å². The number of nitrogens with zero attached hydrogens (tertiary/aromatic N) is 1. The highest BCUT2D eigenvalue weighted by atomic mass is 16.7. The van der Waals surface area contributed by atoms with Crippen molar-refractivity contribution in [1.29, 1.82) is 0 Å². The van der Waals surface area contributed by atoms with Crippen LogP contribution in [0, 0.1) is 0 Å². The first-order valence-electron chi connectivity index (χ1n) is 6.75. The van der Waals surface area contributed by atoms with Gasteiger partial charge in [-0.05, 0) is 39.7 Å². The van der Waals surface area contributed by atoms with Gasteiger partial charge in [-0.3, -0.25) is 4.98 Å². The zero-order chi connectivity index (χ0) is 14.4. The van der Waals surface area contributed by atoms with Crippen molar-refractivity contribution in [3.8, 4) is 0 Å². The summed E-state index contributed by atoms with van der Waals surface area (Å²) < 4.78 is 12.1. The van der Waals surface area contributed by atoms with Crippen LogP contribution >= 0.6 is 0 Å². The summed E-state index contributed by atoms with van der Waals surface area (Å²) in [6.45, 7) is 12.3. The van der Waals surface area contributed by atoms with E-state index in [1.807, 2.05) is 33.8 Å². The number of hydrogen-bond acceptors (Lipinski definition) is 4. The third kappa shape index (κ3) is 2.37. The smallest absolute Gasteiger partial charge is 0.399 e. The molecule has 19 heavy (non-hydrogen) atoms. The van der Waals surface area contributed by atoms with Gasteiger partial charge < -0.3 is 15.0 Å². The molecule has 1 saturated heterocycles. The van der Waals surface area contributed by atoms with Crippen LogP contribution in [0.1, 0.15) is 53.2 Å². The number of nitrogens with two attached hydrogens (primary N) is 1. The predicted octanol–water partition coefficient (Wildman–Crippen LogP) is 2.09. The molecule has 0 atom stereocenters. The molecule has 0 unspecified atom stereocenters. The number of pyridine rings is 1. The molecular weight excluding hydrogens is 239 g/mol. The van der Waals surface area contributed by atoms with Gasteiger partial charge in [0.1, 0.15) is 0 Å². The van der Waals surface area contributed by atoms with Crippen molar-refractivity contribution in [3.63, 3.8) is 0 Å². The van der Waals surface area contributed by atoms with Crippen molar-refractivity contribution in [2.24, 2.45) is 0 Å². The van der Waals surface area contributed by atoms with Crippen molar-refractivity contribution in [3.05, 3.63) is 18.0 Å². The SMILES string of the molecule is CC(C)c1nccc(B2OC(C)(C)C(C)(C)O2)c1N. The van der Waals surface area contributed by atoms with E-state index >= 15 is 0 Å². The summed E-state index contributed by atoms with van der Waals surface area (Å²) in [5.74, 6) is 0.280. The molecule has 2 heterocycles. The normalized spacial score (nSPS) is 21.1. The Morgan fingerprint density at radius 3 is 2.16 bits per heavy atom. The molecule has 2 rings (SSSR count). The fourth-order valence-electron chi connectivity index (χ4n) is 2.14. The van der Waals surface area contributed by atoms with Crippen LogP contribution in [0.15, 0.2) is 12.3 Å². The summed E-state index contributed by atoms with van der Waals surface area (Å²) in [4.78, 5) is 4.35. The monoisotopic (exact) mass is 262 g/mol. The first kappa shape index (κ1) is 14.3. The number of anilines is 1. The Balaban J connectivity index is 2.38. The van der Waals surface area contributed by atoms with Crippen LogP contribution in [0.2, 0.25) is 0 Å². The lowest BCUT2D eigenvalue weighted by molar-refractivity contribution is 0.00578. The molecule has 1 aromatic rings. The van der Waals surface area contributed by atoms with E-state index in [4.69, 9.17) is 15.0 Å². The largest absolute Gasteiger partial charge is 0.497 e. The molecule has 0 radical (unpaired) electrons. The van der Waals surface area contributed by atoms with Gasteiger partial charge in [0.2, 0.25) is 0 Å². The van der Waals surface area contributed by atoms with Crippen molar-refractivity contribution >= 4 is 18.3 Å².